The third kappa shape index (κ3) is 4.11. The van der Waals surface area contributed by atoms with Crippen molar-refractivity contribution in [2.75, 3.05) is 0 Å². The number of aryl methyl sites for hydroxylation is 3. The fourth-order valence-electron chi connectivity index (χ4n) is 3.28. The molecule has 2 aromatic carbocycles. The zero-order valence-corrected chi connectivity index (χ0v) is 18.3. The Morgan fingerprint density at radius 2 is 1.93 bits per heavy atom. The SMILES string of the molecule is Cc1cccc(OCc2nnc(SCc3cc(=O)c4ccc(C)c(C)c4[nH]3)n2C)c1. The number of fused-ring (bicyclic) bond motifs is 1. The third-order valence-corrected chi connectivity index (χ3v) is 6.30. The molecule has 1 N–H and O–H groups in total. The van der Waals surface area contributed by atoms with E-state index in [-0.39, 0.29) is 5.43 Å². The van der Waals surface area contributed by atoms with Crippen molar-refractivity contribution in [1.82, 2.24) is 19.7 Å². The normalized spacial score (nSPS) is 11.2. The molecule has 0 unspecified atom stereocenters. The zero-order valence-electron chi connectivity index (χ0n) is 17.5. The Morgan fingerprint density at radius 1 is 1.10 bits per heavy atom. The van der Waals surface area contributed by atoms with Crippen LogP contribution in [0.2, 0.25) is 0 Å². The standard InChI is InChI=1S/C23H24N4O2S/c1-14-6-5-7-18(10-14)29-12-21-25-26-23(27(21)4)30-13-17-11-20(28)19-9-8-15(2)16(3)22(19)24-17/h5-11H,12-13H2,1-4H3,(H,24,28). The average Bonchev–Trinajstić information content (AvgIpc) is 3.07. The summed E-state index contributed by atoms with van der Waals surface area (Å²) in [6.07, 6.45) is 0. The molecule has 0 amide bonds. The summed E-state index contributed by atoms with van der Waals surface area (Å²) in [4.78, 5) is 15.9. The van der Waals surface area contributed by atoms with Crippen molar-refractivity contribution < 1.29 is 4.74 Å². The predicted molar refractivity (Wildman–Crippen MR) is 120 cm³/mol. The molecule has 154 valence electrons. The van der Waals surface area contributed by atoms with Crippen LogP contribution in [0.4, 0.5) is 0 Å². The minimum absolute atomic E-state index is 0.0349. The first-order valence-corrected chi connectivity index (χ1v) is 10.7. The molecule has 0 atom stereocenters. The quantitative estimate of drug-likeness (QED) is 0.467. The van der Waals surface area contributed by atoms with Gasteiger partial charge in [0.25, 0.3) is 0 Å². The van der Waals surface area contributed by atoms with E-state index >= 15 is 0 Å². The van der Waals surface area contributed by atoms with Crippen LogP contribution in [0.1, 0.15) is 28.2 Å². The van der Waals surface area contributed by atoms with Gasteiger partial charge in [-0.05, 0) is 55.7 Å². The highest BCUT2D eigenvalue weighted by Crippen LogP contribution is 2.23. The molecule has 0 fully saturated rings. The molecule has 4 rings (SSSR count). The number of H-pyrrole nitrogens is 1. The second-order valence-electron chi connectivity index (χ2n) is 7.44. The number of rotatable bonds is 6. The molecule has 0 aliphatic carbocycles. The van der Waals surface area contributed by atoms with E-state index in [1.807, 2.05) is 61.9 Å². The fraction of sp³-hybridized carbons (Fsp3) is 0.261. The van der Waals surface area contributed by atoms with Gasteiger partial charge in [-0.25, -0.2) is 0 Å². The minimum atomic E-state index is 0.0349. The van der Waals surface area contributed by atoms with E-state index < -0.39 is 0 Å². The lowest BCUT2D eigenvalue weighted by Crippen LogP contribution is -2.07. The smallest absolute Gasteiger partial charge is 0.191 e. The van der Waals surface area contributed by atoms with Gasteiger partial charge in [0.15, 0.2) is 16.4 Å². The second-order valence-corrected chi connectivity index (χ2v) is 8.38. The maximum Gasteiger partial charge on any atom is 0.191 e. The van der Waals surface area contributed by atoms with E-state index in [1.165, 1.54) is 11.8 Å². The Balaban J connectivity index is 1.48. The lowest BCUT2D eigenvalue weighted by atomic mass is 10.0. The number of hydrogen-bond donors (Lipinski definition) is 1. The van der Waals surface area contributed by atoms with Gasteiger partial charge in [0.1, 0.15) is 12.4 Å². The first-order chi connectivity index (χ1) is 14.4. The largest absolute Gasteiger partial charge is 0.486 e. The van der Waals surface area contributed by atoms with Crippen molar-refractivity contribution in [1.29, 1.82) is 0 Å². The molecule has 6 nitrogen and oxygen atoms in total. The van der Waals surface area contributed by atoms with E-state index in [1.54, 1.807) is 6.07 Å². The van der Waals surface area contributed by atoms with E-state index in [0.29, 0.717) is 12.4 Å². The number of thioether (sulfide) groups is 1. The Morgan fingerprint density at radius 3 is 2.73 bits per heavy atom. The molecule has 0 radical (unpaired) electrons. The summed E-state index contributed by atoms with van der Waals surface area (Å²) >= 11 is 1.54. The van der Waals surface area contributed by atoms with Gasteiger partial charge >= 0.3 is 0 Å². The first-order valence-electron chi connectivity index (χ1n) is 9.75. The van der Waals surface area contributed by atoms with Crippen LogP contribution in [0, 0.1) is 20.8 Å². The van der Waals surface area contributed by atoms with Crippen LogP contribution in [0.25, 0.3) is 10.9 Å². The number of benzene rings is 2. The van der Waals surface area contributed by atoms with Crippen LogP contribution < -0.4 is 10.2 Å². The molecule has 0 saturated carbocycles. The minimum Gasteiger partial charge on any atom is -0.486 e. The summed E-state index contributed by atoms with van der Waals surface area (Å²) in [5.74, 6) is 2.16. The molecule has 0 bridgehead atoms. The number of hydrogen-bond acceptors (Lipinski definition) is 5. The number of ether oxygens (including phenoxy) is 1. The lowest BCUT2D eigenvalue weighted by Gasteiger charge is -2.09. The molecule has 0 saturated heterocycles. The highest BCUT2D eigenvalue weighted by Gasteiger charge is 2.12. The number of nitrogens with zero attached hydrogens (tertiary/aromatic N) is 3. The summed E-state index contributed by atoms with van der Waals surface area (Å²) < 4.78 is 7.76. The van der Waals surface area contributed by atoms with Gasteiger partial charge in [0, 0.05) is 29.9 Å². The second kappa shape index (κ2) is 8.36. The van der Waals surface area contributed by atoms with Crippen LogP contribution in [0.3, 0.4) is 0 Å². The van der Waals surface area contributed by atoms with Gasteiger partial charge in [0.05, 0.1) is 5.52 Å². The summed E-state index contributed by atoms with van der Waals surface area (Å²) in [5, 5.41) is 10.0. The molecule has 0 aliphatic rings. The summed E-state index contributed by atoms with van der Waals surface area (Å²) in [5.41, 5.74) is 5.22. The Labute approximate surface area is 179 Å². The Hall–Kier alpha value is -3.06. The molecular formula is C23H24N4O2S. The zero-order chi connectivity index (χ0) is 21.3. The molecule has 0 aliphatic heterocycles. The molecule has 2 aromatic heterocycles. The highest BCUT2D eigenvalue weighted by molar-refractivity contribution is 7.98. The molecular weight excluding hydrogens is 396 g/mol. The van der Waals surface area contributed by atoms with Crippen molar-refractivity contribution in [3.8, 4) is 5.75 Å². The summed E-state index contributed by atoms with van der Waals surface area (Å²) in [6.45, 7) is 6.46. The lowest BCUT2D eigenvalue weighted by molar-refractivity contribution is 0.290. The van der Waals surface area contributed by atoms with Crippen molar-refractivity contribution in [2.24, 2.45) is 7.05 Å². The topological polar surface area (TPSA) is 72.8 Å². The number of aromatic amines is 1. The maximum absolute atomic E-state index is 12.5. The monoisotopic (exact) mass is 420 g/mol. The molecule has 4 aromatic rings. The van der Waals surface area contributed by atoms with Gasteiger partial charge < -0.3 is 14.3 Å². The number of aromatic nitrogens is 4. The van der Waals surface area contributed by atoms with Crippen LogP contribution in [-0.2, 0) is 19.4 Å². The fourth-order valence-corrected chi connectivity index (χ4v) is 4.12. The van der Waals surface area contributed by atoms with Crippen LogP contribution in [0.15, 0.2) is 52.4 Å². The third-order valence-electron chi connectivity index (χ3n) is 5.23. The maximum atomic E-state index is 12.5. The van der Waals surface area contributed by atoms with Crippen LogP contribution >= 0.6 is 11.8 Å². The highest BCUT2D eigenvalue weighted by atomic mass is 32.2. The van der Waals surface area contributed by atoms with Gasteiger partial charge in [-0.3, -0.25) is 4.79 Å². The number of pyridine rings is 1. The van der Waals surface area contributed by atoms with E-state index in [9.17, 15) is 4.79 Å². The van der Waals surface area contributed by atoms with Crippen molar-refractivity contribution in [3.05, 3.63) is 80.9 Å². The summed E-state index contributed by atoms with van der Waals surface area (Å²) in [7, 11) is 1.92. The van der Waals surface area contributed by atoms with E-state index in [4.69, 9.17) is 4.74 Å². The number of nitrogens with one attached hydrogen (secondary N) is 1. The van der Waals surface area contributed by atoms with Gasteiger partial charge in [-0.15, -0.1) is 10.2 Å². The van der Waals surface area contributed by atoms with Crippen molar-refractivity contribution in [2.45, 2.75) is 38.3 Å². The Bertz CT molecular complexity index is 1280. The Kier molecular flexibility index (Phi) is 5.63. The molecule has 0 spiro atoms. The summed E-state index contributed by atoms with van der Waals surface area (Å²) in [6, 6.07) is 13.5. The van der Waals surface area contributed by atoms with Crippen molar-refractivity contribution in [3.63, 3.8) is 0 Å². The first kappa shape index (κ1) is 20.2. The van der Waals surface area contributed by atoms with E-state index in [2.05, 4.69) is 22.1 Å². The predicted octanol–water partition coefficient (Wildman–Crippen LogP) is 4.45. The van der Waals surface area contributed by atoms with Crippen LogP contribution in [0.5, 0.6) is 5.75 Å². The average molecular weight is 421 g/mol. The van der Waals surface area contributed by atoms with Gasteiger partial charge in [-0.1, -0.05) is 30.0 Å². The van der Waals surface area contributed by atoms with Crippen molar-refractivity contribution >= 4 is 22.7 Å². The molecule has 2 heterocycles. The van der Waals surface area contributed by atoms with E-state index in [0.717, 1.165) is 50.0 Å². The van der Waals surface area contributed by atoms with Gasteiger partial charge in [-0.2, -0.15) is 0 Å². The molecule has 7 heteroatoms. The van der Waals surface area contributed by atoms with Crippen LogP contribution in [-0.4, -0.2) is 19.7 Å². The van der Waals surface area contributed by atoms with Gasteiger partial charge in [0.2, 0.25) is 0 Å². The molecule has 30 heavy (non-hydrogen) atoms.